The predicted octanol–water partition coefficient (Wildman–Crippen LogP) is 3.30. The summed E-state index contributed by atoms with van der Waals surface area (Å²) in [5.41, 5.74) is 2.82. The number of carbonyl (C=O) groups excluding carboxylic acids is 1. The molecule has 2 aromatic rings. The summed E-state index contributed by atoms with van der Waals surface area (Å²) < 4.78 is 27.5. The summed E-state index contributed by atoms with van der Waals surface area (Å²) >= 11 is 0. The van der Waals surface area contributed by atoms with Crippen molar-refractivity contribution < 1.29 is 13.2 Å². The van der Waals surface area contributed by atoms with Crippen LogP contribution in [0, 0.1) is 0 Å². The van der Waals surface area contributed by atoms with Crippen LogP contribution in [0.4, 0.5) is 11.4 Å². The summed E-state index contributed by atoms with van der Waals surface area (Å²) in [7, 11) is -2.15. The fourth-order valence-corrected chi connectivity index (χ4v) is 4.30. The lowest BCUT2D eigenvalue weighted by molar-refractivity contribution is -0.115. The Kier molecular flexibility index (Phi) is 4.11. The topological polar surface area (TPSA) is 66.5 Å². The highest BCUT2D eigenvalue weighted by atomic mass is 32.2. The molecule has 0 saturated carbocycles. The van der Waals surface area contributed by atoms with Gasteiger partial charge in [-0.05, 0) is 40.8 Å². The van der Waals surface area contributed by atoms with Gasteiger partial charge in [0.1, 0.15) is 0 Å². The normalized spacial score (nSPS) is 14.2. The number of hydrogen-bond donors (Lipinski definition) is 1. The van der Waals surface area contributed by atoms with Crippen LogP contribution >= 0.6 is 0 Å². The van der Waals surface area contributed by atoms with E-state index in [0.29, 0.717) is 16.9 Å². The molecule has 25 heavy (non-hydrogen) atoms. The highest BCUT2D eigenvalue weighted by Gasteiger charge is 2.28. The van der Waals surface area contributed by atoms with E-state index in [4.69, 9.17) is 0 Å². The summed E-state index contributed by atoms with van der Waals surface area (Å²) in [6.45, 7) is 6.16. The van der Waals surface area contributed by atoms with Crippen molar-refractivity contribution in [1.82, 2.24) is 0 Å². The Bertz CT molecular complexity index is 943. The monoisotopic (exact) mass is 358 g/mol. The van der Waals surface area contributed by atoms with Crippen LogP contribution < -0.4 is 9.62 Å². The van der Waals surface area contributed by atoms with Gasteiger partial charge in [-0.2, -0.15) is 0 Å². The lowest BCUT2D eigenvalue weighted by Crippen LogP contribution is -2.29. The fraction of sp³-hybridized carbons (Fsp3) is 0.316. The predicted molar refractivity (Wildman–Crippen MR) is 99.5 cm³/mol. The maximum Gasteiger partial charge on any atom is 0.264 e. The second kappa shape index (κ2) is 5.88. The first kappa shape index (κ1) is 17.5. The number of benzene rings is 2. The minimum Gasteiger partial charge on any atom is -0.326 e. The first-order valence-electron chi connectivity index (χ1n) is 8.12. The smallest absolute Gasteiger partial charge is 0.264 e. The van der Waals surface area contributed by atoms with Crippen molar-refractivity contribution >= 4 is 27.3 Å². The zero-order valence-electron chi connectivity index (χ0n) is 14.8. The molecule has 0 bridgehead atoms. The third kappa shape index (κ3) is 3.14. The van der Waals surface area contributed by atoms with Gasteiger partial charge in [-0.25, -0.2) is 8.42 Å². The van der Waals surface area contributed by atoms with Gasteiger partial charge < -0.3 is 5.32 Å². The highest BCUT2D eigenvalue weighted by Crippen LogP contribution is 2.34. The van der Waals surface area contributed by atoms with Crippen molar-refractivity contribution in [2.45, 2.75) is 37.5 Å². The Morgan fingerprint density at radius 2 is 1.76 bits per heavy atom. The Morgan fingerprint density at radius 1 is 1.08 bits per heavy atom. The molecular formula is C19H22N2O3S. The van der Waals surface area contributed by atoms with E-state index in [9.17, 15) is 13.2 Å². The molecule has 0 atom stereocenters. The van der Waals surface area contributed by atoms with Gasteiger partial charge in [0.05, 0.1) is 17.0 Å². The van der Waals surface area contributed by atoms with Gasteiger partial charge in [-0.15, -0.1) is 0 Å². The van der Waals surface area contributed by atoms with E-state index >= 15 is 0 Å². The molecule has 5 nitrogen and oxygen atoms in total. The number of para-hydroxylation sites is 1. The average molecular weight is 358 g/mol. The van der Waals surface area contributed by atoms with Crippen LogP contribution in [0.15, 0.2) is 47.4 Å². The van der Waals surface area contributed by atoms with Gasteiger partial charge in [-0.1, -0.05) is 39.0 Å². The van der Waals surface area contributed by atoms with Crippen molar-refractivity contribution in [1.29, 1.82) is 0 Å². The maximum atomic E-state index is 13.1. The largest absolute Gasteiger partial charge is 0.326 e. The van der Waals surface area contributed by atoms with Gasteiger partial charge in [0.2, 0.25) is 5.91 Å². The molecule has 0 saturated heterocycles. The van der Waals surface area contributed by atoms with Crippen LogP contribution in [0.1, 0.15) is 31.9 Å². The Morgan fingerprint density at radius 3 is 2.44 bits per heavy atom. The third-order valence-corrected chi connectivity index (χ3v) is 6.18. The van der Waals surface area contributed by atoms with E-state index in [1.807, 2.05) is 24.3 Å². The summed E-state index contributed by atoms with van der Waals surface area (Å²) in [5, 5.41) is 2.72. The highest BCUT2D eigenvalue weighted by molar-refractivity contribution is 7.92. The average Bonchev–Trinajstić information content (AvgIpc) is 2.92. The SMILES string of the molecule is CN(c1ccccc1C(C)(C)C)S(=O)(=O)c1ccc2c(c1)CC(=O)N2. The maximum absolute atomic E-state index is 13.1. The molecule has 6 heteroatoms. The van der Waals surface area contributed by atoms with Crippen LogP contribution in [0.3, 0.4) is 0 Å². The standard InChI is InChI=1S/C19H22N2O3S/c1-19(2,3)15-7-5-6-8-17(15)21(4)25(23,24)14-9-10-16-13(11-14)12-18(22)20-16/h5-11H,12H2,1-4H3,(H,20,22). The number of sulfonamides is 1. The quantitative estimate of drug-likeness (QED) is 0.915. The summed E-state index contributed by atoms with van der Waals surface area (Å²) in [6.07, 6.45) is 0.209. The van der Waals surface area contributed by atoms with Crippen molar-refractivity contribution in [3.63, 3.8) is 0 Å². The van der Waals surface area contributed by atoms with Crippen LogP contribution in [-0.4, -0.2) is 21.4 Å². The van der Waals surface area contributed by atoms with Gasteiger partial charge >= 0.3 is 0 Å². The van der Waals surface area contributed by atoms with E-state index in [1.54, 1.807) is 19.2 Å². The number of nitrogens with zero attached hydrogens (tertiary/aromatic N) is 1. The Labute approximate surface area is 148 Å². The van der Waals surface area contributed by atoms with E-state index in [1.165, 1.54) is 10.4 Å². The number of rotatable bonds is 3. The molecule has 0 aromatic heterocycles. The van der Waals surface area contributed by atoms with E-state index in [2.05, 4.69) is 26.1 Å². The molecule has 0 radical (unpaired) electrons. The van der Waals surface area contributed by atoms with Crippen molar-refractivity contribution in [2.75, 3.05) is 16.7 Å². The minimum atomic E-state index is -3.72. The van der Waals surface area contributed by atoms with Gasteiger partial charge in [0.25, 0.3) is 10.0 Å². The Hall–Kier alpha value is -2.34. The Balaban J connectivity index is 2.05. The first-order chi connectivity index (χ1) is 11.6. The second-order valence-electron chi connectivity index (χ2n) is 7.28. The summed E-state index contributed by atoms with van der Waals surface area (Å²) in [6, 6.07) is 12.3. The molecule has 2 aromatic carbocycles. The summed E-state index contributed by atoms with van der Waals surface area (Å²) in [4.78, 5) is 11.7. The van der Waals surface area contributed by atoms with Crippen molar-refractivity contribution in [3.8, 4) is 0 Å². The molecule has 132 valence electrons. The third-order valence-electron chi connectivity index (χ3n) is 4.41. The van der Waals surface area contributed by atoms with Crippen LogP contribution in [0.2, 0.25) is 0 Å². The number of fused-ring (bicyclic) bond motifs is 1. The number of amides is 1. The molecular weight excluding hydrogens is 336 g/mol. The minimum absolute atomic E-state index is 0.115. The molecule has 1 heterocycles. The van der Waals surface area contributed by atoms with Crippen LogP contribution in [0.25, 0.3) is 0 Å². The summed E-state index contributed by atoms with van der Waals surface area (Å²) in [5.74, 6) is -0.115. The molecule has 0 spiro atoms. The molecule has 3 rings (SSSR count). The van der Waals surface area contributed by atoms with Crippen molar-refractivity contribution in [2.24, 2.45) is 0 Å². The van der Waals surface area contributed by atoms with Gasteiger partial charge in [0, 0.05) is 12.7 Å². The molecule has 1 amide bonds. The number of anilines is 2. The molecule has 1 N–H and O–H groups in total. The zero-order chi connectivity index (χ0) is 18.4. The lowest BCUT2D eigenvalue weighted by Gasteiger charge is -2.28. The first-order valence-corrected chi connectivity index (χ1v) is 9.56. The van der Waals surface area contributed by atoms with E-state index in [0.717, 1.165) is 5.56 Å². The van der Waals surface area contributed by atoms with Gasteiger partial charge in [-0.3, -0.25) is 9.10 Å². The number of nitrogens with one attached hydrogen (secondary N) is 1. The molecule has 0 aliphatic carbocycles. The number of carbonyl (C=O) groups is 1. The molecule has 1 aliphatic rings. The second-order valence-corrected chi connectivity index (χ2v) is 9.25. The lowest BCUT2D eigenvalue weighted by atomic mass is 9.86. The van der Waals surface area contributed by atoms with E-state index < -0.39 is 10.0 Å². The van der Waals surface area contributed by atoms with Crippen molar-refractivity contribution in [3.05, 3.63) is 53.6 Å². The van der Waals surface area contributed by atoms with E-state index in [-0.39, 0.29) is 22.6 Å². The molecule has 0 fully saturated rings. The van der Waals surface area contributed by atoms with Gasteiger partial charge in [0.15, 0.2) is 0 Å². The molecule has 1 aliphatic heterocycles. The fourth-order valence-electron chi connectivity index (χ4n) is 3.04. The number of hydrogen-bond acceptors (Lipinski definition) is 3. The zero-order valence-corrected chi connectivity index (χ0v) is 15.6. The van der Waals surface area contributed by atoms with Crippen LogP contribution in [0.5, 0.6) is 0 Å². The van der Waals surface area contributed by atoms with Crippen LogP contribution in [-0.2, 0) is 26.7 Å². The molecule has 0 unspecified atom stereocenters.